The van der Waals surface area contributed by atoms with Crippen LogP contribution in [0.3, 0.4) is 0 Å². The van der Waals surface area contributed by atoms with Crippen LogP contribution < -0.4 is 15.5 Å². The molecule has 24 heavy (non-hydrogen) atoms. The van der Waals surface area contributed by atoms with Crippen LogP contribution in [0.1, 0.15) is 5.56 Å². The lowest BCUT2D eigenvalue weighted by molar-refractivity contribution is -0.210. The van der Waals surface area contributed by atoms with Gasteiger partial charge in [0.05, 0.1) is 5.69 Å². The van der Waals surface area contributed by atoms with Crippen LogP contribution in [0.2, 0.25) is 0 Å². The highest BCUT2D eigenvalue weighted by Gasteiger charge is 2.62. The zero-order valence-corrected chi connectivity index (χ0v) is 13.0. The molecule has 2 aromatic rings. The van der Waals surface area contributed by atoms with E-state index in [1.807, 2.05) is 0 Å². The Morgan fingerprint density at radius 1 is 1.04 bits per heavy atom. The summed E-state index contributed by atoms with van der Waals surface area (Å²) in [6, 6.07) is 13.6. The summed E-state index contributed by atoms with van der Waals surface area (Å²) in [6.45, 7) is 0. The smallest absolute Gasteiger partial charge is 0.308 e. The molecule has 0 saturated carbocycles. The highest BCUT2D eigenvalue weighted by molar-refractivity contribution is 8.00. The monoisotopic (exact) mass is 351 g/mol. The van der Waals surface area contributed by atoms with Crippen molar-refractivity contribution in [2.45, 2.75) is 22.2 Å². The molecule has 2 aromatic carbocycles. The molecule has 4 nitrogen and oxygen atoms in total. The Kier molecular flexibility index (Phi) is 3.29. The van der Waals surface area contributed by atoms with Crippen molar-refractivity contribution >= 4 is 23.5 Å². The van der Waals surface area contributed by atoms with E-state index in [0.717, 1.165) is 4.90 Å². The van der Waals surface area contributed by atoms with Gasteiger partial charge in [0.2, 0.25) is 5.66 Å². The summed E-state index contributed by atoms with van der Waals surface area (Å²) in [4.78, 5) is 14.6. The van der Waals surface area contributed by atoms with Gasteiger partial charge >= 0.3 is 12.2 Å². The van der Waals surface area contributed by atoms with Crippen molar-refractivity contribution in [3.05, 3.63) is 60.2 Å². The average Bonchev–Trinajstić information content (AvgIpc) is 2.93. The molecule has 2 amide bonds. The second-order valence-electron chi connectivity index (χ2n) is 5.50. The first-order chi connectivity index (χ1) is 11.4. The first-order valence-corrected chi connectivity index (χ1v) is 8.07. The van der Waals surface area contributed by atoms with Crippen LogP contribution in [0.25, 0.3) is 0 Å². The Morgan fingerprint density at radius 3 is 2.42 bits per heavy atom. The van der Waals surface area contributed by atoms with E-state index in [2.05, 4.69) is 10.6 Å². The van der Waals surface area contributed by atoms with Crippen LogP contribution in [-0.4, -0.2) is 17.7 Å². The number of benzene rings is 2. The third-order valence-electron chi connectivity index (χ3n) is 4.08. The number of anilines is 1. The molecule has 0 radical (unpaired) electrons. The third-order valence-corrected chi connectivity index (χ3v) is 5.23. The molecule has 2 atom stereocenters. The fraction of sp³-hybridized carbons (Fsp3) is 0.188. The Hall–Kier alpha value is -2.19. The number of thioether (sulfide) groups is 1. The van der Waals surface area contributed by atoms with Gasteiger partial charge in [-0.3, -0.25) is 10.2 Å². The number of hydrogen-bond acceptors (Lipinski definition) is 3. The van der Waals surface area contributed by atoms with Crippen LogP contribution in [0.15, 0.2) is 59.5 Å². The van der Waals surface area contributed by atoms with Crippen molar-refractivity contribution in [3.63, 3.8) is 0 Å². The molecule has 0 aromatic heterocycles. The lowest BCUT2D eigenvalue weighted by Crippen LogP contribution is -2.75. The van der Waals surface area contributed by atoms with E-state index in [-0.39, 0.29) is 5.56 Å². The molecule has 0 unspecified atom stereocenters. The number of nitrogens with one attached hydrogen (secondary N) is 2. The largest absolute Gasteiger partial charge is 0.429 e. The Labute approximate surface area is 140 Å². The van der Waals surface area contributed by atoms with Gasteiger partial charge in [0, 0.05) is 10.5 Å². The number of carbonyl (C=O) groups excluding carboxylic acids is 1. The number of para-hydroxylation sites is 1. The highest BCUT2D eigenvalue weighted by atomic mass is 32.2. The predicted octanol–water partition coefficient (Wildman–Crippen LogP) is 3.61. The molecule has 0 spiro atoms. The molecular weight excluding hydrogens is 339 g/mol. The van der Waals surface area contributed by atoms with E-state index in [1.165, 1.54) is 40.9 Å². The van der Waals surface area contributed by atoms with Gasteiger partial charge in [-0.2, -0.15) is 13.2 Å². The van der Waals surface area contributed by atoms with Crippen LogP contribution in [-0.2, 0) is 5.66 Å². The number of rotatable bonds is 1. The summed E-state index contributed by atoms with van der Waals surface area (Å²) in [5.41, 5.74) is -2.91. The highest BCUT2D eigenvalue weighted by Crippen LogP contribution is 2.48. The van der Waals surface area contributed by atoms with E-state index < -0.39 is 23.4 Å². The van der Waals surface area contributed by atoms with Crippen molar-refractivity contribution in [1.29, 1.82) is 0 Å². The third kappa shape index (κ3) is 2.10. The number of hydrogen-bond donors (Lipinski definition) is 2. The standard InChI is InChI=1S/C16H12F3N3OS/c17-16(18,19)15(10-6-2-1-3-7-10)20-13(23)22-11-8-4-5-9-12(11)24-14(22)21-15/h1-9,14,21H,(H,20,23)/t14-,15-/m0/s1. The fourth-order valence-corrected chi connectivity index (χ4v) is 4.20. The summed E-state index contributed by atoms with van der Waals surface area (Å²) in [7, 11) is 0. The Balaban J connectivity index is 1.80. The van der Waals surface area contributed by atoms with E-state index in [9.17, 15) is 18.0 Å². The number of halogens is 3. The summed E-state index contributed by atoms with van der Waals surface area (Å²) in [5.74, 6) is 0. The summed E-state index contributed by atoms with van der Waals surface area (Å²) in [6.07, 6.45) is -4.70. The molecule has 2 aliphatic rings. The minimum Gasteiger partial charge on any atom is -0.308 e. The van der Waals surface area contributed by atoms with Gasteiger partial charge < -0.3 is 5.32 Å². The molecule has 2 aliphatic heterocycles. The van der Waals surface area contributed by atoms with Gasteiger partial charge in [-0.15, -0.1) is 0 Å². The topological polar surface area (TPSA) is 44.4 Å². The predicted molar refractivity (Wildman–Crippen MR) is 84.4 cm³/mol. The molecule has 2 heterocycles. The minimum absolute atomic E-state index is 0.0537. The molecule has 4 rings (SSSR count). The number of amides is 2. The maximum atomic E-state index is 13.9. The van der Waals surface area contributed by atoms with E-state index in [0.29, 0.717) is 5.69 Å². The normalized spacial score (nSPS) is 25.9. The molecule has 2 N–H and O–H groups in total. The van der Waals surface area contributed by atoms with Crippen LogP contribution in [0, 0.1) is 0 Å². The Bertz CT molecular complexity index is 799. The number of fused-ring (bicyclic) bond motifs is 3. The van der Waals surface area contributed by atoms with Crippen molar-refractivity contribution in [2.24, 2.45) is 0 Å². The van der Waals surface area contributed by atoms with Crippen LogP contribution >= 0.6 is 11.8 Å². The zero-order valence-electron chi connectivity index (χ0n) is 12.2. The summed E-state index contributed by atoms with van der Waals surface area (Å²) >= 11 is 1.19. The molecule has 124 valence electrons. The van der Waals surface area contributed by atoms with E-state index in [1.54, 1.807) is 30.3 Å². The van der Waals surface area contributed by atoms with Gasteiger partial charge in [0.25, 0.3) is 0 Å². The number of urea groups is 1. The SMILES string of the molecule is O=C1N[C@](c2ccccc2)(C(F)(F)F)N[C@@H]2Sc3ccccc3N12. The van der Waals surface area contributed by atoms with Crippen LogP contribution in [0.4, 0.5) is 23.7 Å². The van der Waals surface area contributed by atoms with Gasteiger partial charge in [0.1, 0.15) is 5.50 Å². The molecule has 0 aliphatic carbocycles. The Morgan fingerprint density at radius 2 is 1.71 bits per heavy atom. The molecule has 1 fully saturated rings. The average molecular weight is 351 g/mol. The van der Waals surface area contributed by atoms with Crippen molar-refractivity contribution < 1.29 is 18.0 Å². The number of nitrogens with zero attached hydrogens (tertiary/aromatic N) is 1. The second kappa shape index (κ2) is 5.15. The number of alkyl halides is 3. The second-order valence-corrected chi connectivity index (χ2v) is 6.62. The lowest BCUT2D eigenvalue weighted by atomic mass is 9.97. The zero-order chi connectivity index (χ0) is 16.9. The first-order valence-electron chi connectivity index (χ1n) is 7.19. The minimum atomic E-state index is -4.70. The van der Waals surface area contributed by atoms with Gasteiger partial charge in [-0.05, 0) is 12.1 Å². The summed E-state index contributed by atoms with van der Waals surface area (Å²) in [5, 5.41) is 4.73. The fourth-order valence-electron chi connectivity index (χ4n) is 2.97. The lowest BCUT2D eigenvalue weighted by Gasteiger charge is -2.46. The number of carbonyl (C=O) groups is 1. The quantitative estimate of drug-likeness (QED) is 0.825. The maximum absolute atomic E-state index is 13.9. The van der Waals surface area contributed by atoms with Gasteiger partial charge in [-0.1, -0.05) is 54.2 Å². The molecule has 8 heteroatoms. The molecule has 0 bridgehead atoms. The maximum Gasteiger partial charge on any atom is 0.429 e. The van der Waals surface area contributed by atoms with Crippen molar-refractivity contribution in [1.82, 2.24) is 10.6 Å². The van der Waals surface area contributed by atoms with E-state index in [4.69, 9.17) is 0 Å². The van der Waals surface area contributed by atoms with Crippen LogP contribution in [0.5, 0.6) is 0 Å². The molecule has 1 saturated heterocycles. The summed E-state index contributed by atoms with van der Waals surface area (Å²) < 4.78 is 41.8. The van der Waals surface area contributed by atoms with Crippen molar-refractivity contribution in [3.8, 4) is 0 Å². The van der Waals surface area contributed by atoms with E-state index >= 15 is 0 Å². The van der Waals surface area contributed by atoms with Gasteiger partial charge in [-0.25, -0.2) is 4.79 Å². The van der Waals surface area contributed by atoms with Gasteiger partial charge in [0.15, 0.2) is 0 Å². The first kappa shape index (κ1) is 15.3. The molecular formula is C16H12F3N3OS. The van der Waals surface area contributed by atoms with Crippen molar-refractivity contribution in [2.75, 3.05) is 4.90 Å².